The van der Waals surface area contributed by atoms with Crippen molar-refractivity contribution >= 4 is 10.0 Å². The third-order valence-electron chi connectivity index (χ3n) is 4.23. The normalized spacial score (nSPS) is 14.0. The number of nitrogens with zero attached hydrogens (tertiary/aromatic N) is 4. The molecule has 158 valence electrons. The van der Waals surface area contributed by atoms with Crippen molar-refractivity contribution in [3.63, 3.8) is 0 Å². The van der Waals surface area contributed by atoms with Gasteiger partial charge < -0.3 is 0 Å². The SMILES string of the molecule is CC[C@H](CCNS(=O)(=O)c1c(C)nn(C(F)F)c1C)n1ccc(C(F)(F)F)n1. The zero-order valence-corrected chi connectivity index (χ0v) is 16.2. The molecule has 0 unspecified atom stereocenters. The molecule has 0 radical (unpaired) electrons. The van der Waals surface area contributed by atoms with Crippen molar-refractivity contribution in [1.29, 1.82) is 0 Å². The van der Waals surface area contributed by atoms with Crippen LogP contribution in [0.25, 0.3) is 0 Å². The maximum atomic E-state index is 12.9. The van der Waals surface area contributed by atoms with Gasteiger partial charge in [0, 0.05) is 12.7 Å². The van der Waals surface area contributed by atoms with E-state index in [1.807, 2.05) is 0 Å². The van der Waals surface area contributed by atoms with E-state index < -0.39 is 34.5 Å². The van der Waals surface area contributed by atoms with Gasteiger partial charge in [-0.1, -0.05) is 6.92 Å². The fraction of sp³-hybridized carbons (Fsp3) is 0.600. The molecule has 1 atom stereocenters. The summed E-state index contributed by atoms with van der Waals surface area (Å²) in [5, 5.41) is 7.03. The minimum absolute atomic E-state index is 0.0702. The monoisotopic (exact) mass is 429 g/mol. The van der Waals surface area contributed by atoms with Gasteiger partial charge in [-0.3, -0.25) is 4.68 Å². The Bertz CT molecular complexity index is 920. The topological polar surface area (TPSA) is 81.8 Å². The van der Waals surface area contributed by atoms with Crippen LogP contribution in [0.1, 0.15) is 49.4 Å². The average Bonchev–Trinajstić information content (AvgIpc) is 3.16. The van der Waals surface area contributed by atoms with Gasteiger partial charge in [-0.05, 0) is 32.8 Å². The first-order chi connectivity index (χ1) is 12.9. The summed E-state index contributed by atoms with van der Waals surface area (Å²) >= 11 is 0. The fourth-order valence-electron chi connectivity index (χ4n) is 2.87. The van der Waals surface area contributed by atoms with Gasteiger partial charge in [0.15, 0.2) is 5.69 Å². The van der Waals surface area contributed by atoms with Crippen LogP contribution in [0, 0.1) is 13.8 Å². The van der Waals surface area contributed by atoms with Gasteiger partial charge in [-0.2, -0.15) is 32.1 Å². The average molecular weight is 429 g/mol. The van der Waals surface area contributed by atoms with Gasteiger partial charge >= 0.3 is 12.7 Å². The molecule has 0 bridgehead atoms. The number of halogens is 5. The predicted molar refractivity (Wildman–Crippen MR) is 89.3 cm³/mol. The number of aryl methyl sites for hydroxylation is 1. The third-order valence-corrected chi connectivity index (χ3v) is 5.94. The van der Waals surface area contributed by atoms with Crippen LogP contribution in [0.15, 0.2) is 17.2 Å². The second-order valence-electron chi connectivity index (χ2n) is 6.15. The first-order valence-electron chi connectivity index (χ1n) is 8.34. The Kier molecular flexibility index (Phi) is 6.48. The number of rotatable bonds is 8. The van der Waals surface area contributed by atoms with Crippen molar-refractivity contribution < 1.29 is 30.4 Å². The second kappa shape index (κ2) is 8.15. The van der Waals surface area contributed by atoms with E-state index in [1.165, 1.54) is 20.0 Å². The molecule has 28 heavy (non-hydrogen) atoms. The number of nitrogens with one attached hydrogen (secondary N) is 1. The first kappa shape index (κ1) is 22.3. The Hall–Kier alpha value is -2.02. The van der Waals surface area contributed by atoms with Crippen molar-refractivity contribution in [2.24, 2.45) is 0 Å². The summed E-state index contributed by atoms with van der Waals surface area (Å²) < 4.78 is 92.5. The van der Waals surface area contributed by atoms with Crippen molar-refractivity contribution in [1.82, 2.24) is 24.3 Å². The summed E-state index contributed by atoms with van der Waals surface area (Å²) in [6.45, 7) is 1.17. The number of aromatic nitrogens is 4. The van der Waals surface area contributed by atoms with E-state index in [0.717, 1.165) is 10.7 Å². The quantitative estimate of drug-likeness (QED) is 0.652. The lowest BCUT2D eigenvalue weighted by Crippen LogP contribution is -2.28. The standard InChI is InChI=1S/C15H20F5N5O2S/c1-4-11(24-8-6-12(23-24)15(18,19)20)5-7-21-28(26,27)13-9(2)22-25(10(13)3)14(16)17/h6,8,11,14,21H,4-5,7H2,1-3H3/t11-/m1/s1. The molecule has 2 aromatic heterocycles. The zero-order valence-electron chi connectivity index (χ0n) is 15.3. The van der Waals surface area contributed by atoms with Crippen LogP contribution >= 0.6 is 0 Å². The predicted octanol–water partition coefficient (Wildman–Crippen LogP) is 3.43. The van der Waals surface area contributed by atoms with E-state index in [4.69, 9.17) is 0 Å². The zero-order chi connectivity index (χ0) is 21.3. The highest BCUT2D eigenvalue weighted by Crippen LogP contribution is 2.29. The second-order valence-corrected chi connectivity index (χ2v) is 7.85. The molecule has 1 N–H and O–H groups in total. The van der Waals surface area contributed by atoms with Crippen LogP contribution in [-0.2, 0) is 16.2 Å². The number of alkyl halides is 5. The molecular formula is C15H20F5N5O2S. The Balaban J connectivity index is 2.10. The molecule has 13 heteroatoms. The minimum Gasteiger partial charge on any atom is -0.269 e. The van der Waals surface area contributed by atoms with Gasteiger partial charge in [0.25, 0.3) is 0 Å². The lowest BCUT2D eigenvalue weighted by atomic mass is 10.1. The Morgan fingerprint density at radius 3 is 2.32 bits per heavy atom. The minimum atomic E-state index is -4.56. The highest BCUT2D eigenvalue weighted by Gasteiger charge is 2.34. The summed E-state index contributed by atoms with van der Waals surface area (Å²) in [5.41, 5.74) is -1.30. The van der Waals surface area contributed by atoms with Crippen LogP contribution in [0.2, 0.25) is 0 Å². The molecule has 2 heterocycles. The highest BCUT2D eigenvalue weighted by atomic mass is 32.2. The van der Waals surface area contributed by atoms with E-state index in [0.29, 0.717) is 11.1 Å². The molecule has 0 saturated carbocycles. The molecule has 2 aromatic rings. The van der Waals surface area contributed by atoms with E-state index >= 15 is 0 Å². The molecule has 0 aliphatic rings. The Morgan fingerprint density at radius 2 is 1.86 bits per heavy atom. The van der Waals surface area contributed by atoms with Gasteiger partial charge in [-0.25, -0.2) is 17.8 Å². The molecular weight excluding hydrogens is 409 g/mol. The molecule has 0 aromatic carbocycles. The van der Waals surface area contributed by atoms with Crippen LogP contribution in [0.5, 0.6) is 0 Å². The number of sulfonamides is 1. The maximum Gasteiger partial charge on any atom is 0.435 e. The fourth-order valence-corrected chi connectivity index (χ4v) is 4.32. The summed E-state index contributed by atoms with van der Waals surface area (Å²) in [7, 11) is -4.11. The molecule has 7 nitrogen and oxygen atoms in total. The maximum absolute atomic E-state index is 12.9. The van der Waals surface area contributed by atoms with Gasteiger partial charge in [0.1, 0.15) is 4.90 Å². The molecule has 0 aliphatic carbocycles. The number of hydrogen-bond acceptors (Lipinski definition) is 4. The van der Waals surface area contributed by atoms with Gasteiger partial charge in [0.2, 0.25) is 10.0 Å². The highest BCUT2D eigenvalue weighted by molar-refractivity contribution is 7.89. The molecule has 0 saturated heterocycles. The van der Waals surface area contributed by atoms with Crippen molar-refractivity contribution in [2.45, 2.75) is 57.3 Å². The summed E-state index contributed by atoms with van der Waals surface area (Å²) in [6, 6.07) is 0.378. The summed E-state index contributed by atoms with van der Waals surface area (Å²) in [6.07, 6.45) is -2.80. The smallest absolute Gasteiger partial charge is 0.269 e. The Labute approximate surface area is 158 Å². The van der Waals surface area contributed by atoms with E-state index in [1.54, 1.807) is 6.92 Å². The third kappa shape index (κ3) is 4.69. The lowest BCUT2D eigenvalue weighted by molar-refractivity contribution is -0.141. The van der Waals surface area contributed by atoms with E-state index in [-0.39, 0.29) is 29.2 Å². The first-order valence-corrected chi connectivity index (χ1v) is 9.82. The van der Waals surface area contributed by atoms with Crippen LogP contribution in [-0.4, -0.2) is 34.5 Å². The summed E-state index contributed by atoms with van der Waals surface area (Å²) in [5.74, 6) is 0. The molecule has 2 rings (SSSR count). The van der Waals surface area contributed by atoms with Crippen molar-refractivity contribution in [3.8, 4) is 0 Å². The van der Waals surface area contributed by atoms with Crippen LogP contribution in [0.3, 0.4) is 0 Å². The number of hydrogen-bond donors (Lipinski definition) is 1. The Morgan fingerprint density at radius 1 is 1.21 bits per heavy atom. The molecule has 0 spiro atoms. The molecule has 0 amide bonds. The van der Waals surface area contributed by atoms with E-state index in [9.17, 15) is 30.4 Å². The molecule has 0 fully saturated rings. The lowest BCUT2D eigenvalue weighted by Gasteiger charge is -2.16. The van der Waals surface area contributed by atoms with E-state index in [2.05, 4.69) is 14.9 Å². The molecule has 0 aliphatic heterocycles. The van der Waals surface area contributed by atoms with Crippen molar-refractivity contribution in [2.75, 3.05) is 6.54 Å². The van der Waals surface area contributed by atoms with Crippen molar-refractivity contribution in [3.05, 3.63) is 29.3 Å². The summed E-state index contributed by atoms with van der Waals surface area (Å²) in [4.78, 5) is -0.334. The van der Waals surface area contributed by atoms with Crippen LogP contribution < -0.4 is 4.72 Å². The van der Waals surface area contributed by atoms with Gasteiger partial charge in [0.05, 0.1) is 17.4 Å². The largest absolute Gasteiger partial charge is 0.435 e. The van der Waals surface area contributed by atoms with Crippen LogP contribution in [0.4, 0.5) is 22.0 Å². The van der Waals surface area contributed by atoms with Gasteiger partial charge in [-0.15, -0.1) is 0 Å².